The fourth-order valence-corrected chi connectivity index (χ4v) is 4.37. The Hall–Kier alpha value is -0.700. The molecule has 0 N–H and O–H groups in total. The SMILES string of the molecule is CC1COc2ccc(C(Br)C3CCCC3C)cc2OC1. The third-order valence-electron chi connectivity index (χ3n) is 4.64. The van der Waals surface area contributed by atoms with Crippen LogP contribution in [0.1, 0.15) is 43.5 Å². The first-order valence-electron chi connectivity index (χ1n) is 7.68. The van der Waals surface area contributed by atoms with E-state index in [-0.39, 0.29) is 0 Å². The van der Waals surface area contributed by atoms with Gasteiger partial charge in [-0.2, -0.15) is 0 Å². The smallest absolute Gasteiger partial charge is 0.161 e. The van der Waals surface area contributed by atoms with Crippen LogP contribution in [0.3, 0.4) is 0 Å². The van der Waals surface area contributed by atoms with Crippen molar-refractivity contribution >= 4 is 15.9 Å². The van der Waals surface area contributed by atoms with E-state index < -0.39 is 0 Å². The highest BCUT2D eigenvalue weighted by molar-refractivity contribution is 9.09. The van der Waals surface area contributed by atoms with E-state index in [1.165, 1.54) is 24.8 Å². The fourth-order valence-electron chi connectivity index (χ4n) is 3.30. The summed E-state index contributed by atoms with van der Waals surface area (Å²) < 4.78 is 11.7. The van der Waals surface area contributed by atoms with Crippen molar-refractivity contribution in [3.8, 4) is 11.5 Å². The molecular formula is C17H23BrO2. The van der Waals surface area contributed by atoms with Gasteiger partial charge in [0.05, 0.1) is 13.2 Å². The highest BCUT2D eigenvalue weighted by Crippen LogP contribution is 2.46. The molecule has 0 aromatic heterocycles. The van der Waals surface area contributed by atoms with Gasteiger partial charge in [-0.15, -0.1) is 0 Å². The number of fused-ring (bicyclic) bond motifs is 1. The lowest BCUT2D eigenvalue weighted by molar-refractivity contribution is 0.228. The van der Waals surface area contributed by atoms with Crippen LogP contribution in [0.4, 0.5) is 0 Å². The van der Waals surface area contributed by atoms with Crippen molar-refractivity contribution in [2.45, 2.75) is 37.9 Å². The molecule has 1 heterocycles. The number of hydrogen-bond donors (Lipinski definition) is 0. The normalized spacial score (nSPS) is 30.9. The van der Waals surface area contributed by atoms with Gasteiger partial charge in [0, 0.05) is 10.7 Å². The predicted octanol–water partition coefficient (Wildman–Crippen LogP) is 4.97. The first-order chi connectivity index (χ1) is 9.65. The molecule has 1 aliphatic heterocycles. The van der Waals surface area contributed by atoms with E-state index in [1.807, 2.05) is 0 Å². The molecule has 3 rings (SSSR count). The van der Waals surface area contributed by atoms with E-state index in [9.17, 15) is 0 Å². The van der Waals surface area contributed by atoms with Crippen molar-refractivity contribution < 1.29 is 9.47 Å². The van der Waals surface area contributed by atoms with Crippen LogP contribution < -0.4 is 9.47 Å². The Labute approximate surface area is 130 Å². The molecule has 1 aliphatic carbocycles. The molecular weight excluding hydrogens is 316 g/mol. The van der Waals surface area contributed by atoms with Crippen LogP contribution in [0, 0.1) is 17.8 Å². The molecule has 0 bridgehead atoms. The molecule has 1 aromatic rings. The number of benzene rings is 1. The lowest BCUT2D eigenvalue weighted by Gasteiger charge is -2.23. The molecule has 4 unspecified atom stereocenters. The molecule has 110 valence electrons. The zero-order valence-electron chi connectivity index (χ0n) is 12.3. The van der Waals surface area contributed by atoms with E-state index in [0.29, 0.717) is 10.7 Å². The van der Waals surface area contributed by atoms with Crippen LogP contribution in [0.5, 0.6) is 11.5 Å². The van der Waals surface area contributed by atoms with E-state index >= 15 is 0 Å². The molecule has 3 heteroatoms. The first kappa shape index (κ1) is 14.2. The Morgan fingerprint density at radius 2 is 1.85 bits per heavy atom. The van der Waals surface area contributed by atoms with Gasteiger partial charge in [-0.25, -0.2) is 0 Å². The maximum absolute atomic E-state index is 5.90. The summed E-state index contributed by atoms with van der Waals surface area (Å²) in [6, 6.07) is 6.41. The molecule has 1 fully saturated rings. The van der Waals surface area contributed by atoms with E-state index in [2.05, 4.69) is 48.0 Å². The average molecular weight is 339 g/mol. The lowest BCUT2D eigenvalue weighted by atomic mass is 9.91. The minimum absolute atomic E-state index is 0.426. The monoisotopic (exact) mass is 338 g/mol. The fraction of sp³-hybridized carbons (Fsp3) is 0.647. The zero-order chi connectivity index (χ0) is 14.1. The van der Waals surface area contributed by atoms with E-state index in [0.717, 1.165) is 36.5 Å². The Bertz CT molecular complexity index is 474. The van der Waals surface area contributed by atoms with E-state index in [4.69, 9.17) is 9.47 Å². The molecule has 20 heavy (non-hydrogen) atoms. The second-order valence-corrected chi connectivity index (χ2v) is 7.39. The van der Waals surface area contributed by atoms with Gasteiger partial charge in [0.15, 0.2) is 11.5 Å². The van der Waals surface area contributed by atoms with Crippen LogP contribution in [-0.2, 0) is 0 Å². The molecule has 0 saturated heterocycles. The summed E-state index contributed by atoms with van der Waals surface area (Å²) in [6.45, 7) is 6.00. The topological polar surface area (TPSA) is 18.5 Å². The van der Waals surface area contributed by atoms with Crippen LogP contribution >= 0.6 is 15.9 Å². The van der Waals surface area contributed by atoms with Gasteiger partial charge >= 0.3 is 0 Å². The number of ether oxygens (including phenoxy) is 2. The Kier molecular flexibility index (Phi) is 4.25. The number of halogens is 1. The van der Waals surface area contributed by atoms with Crippen molar-refractivity contribution in [3.63, 3.8) is 0 Å². The third-order valence-corrected chi connectivity index (χ3v) is 5.84. The van der Waals surface area contributed by atoms with Crippen molar-refractivity contribution in [1.29, 1.82) is 0 Å². The minimum atomic E-state index is 0.426. The second kappa shape index (κ2) is 5.97. The van der Waals surface area contributed by atoms with Crippen LogP contribution in [0.2, 0.25) is 0 Å². The van der Waals surface area contributed by atoms with E-state index in [1.54, 1.807) is 0 Å². The van der Waals surface area contributed by atoms with Crippen LogP contribution in [0.15, 0.2) is 18.2 Å². The number of hydrogen-bond acceptors (Lipinski definition) is 2. The Balaban J connectivity index is 1.81. The highest BCUT2D eigenvalue weighted by atomic mass is 79.9. The summed E-state index contributed by atoms with van der Waals surface area (Å²) in [5, 5.41) is 0. The number of rotatable bonds is 2. The summed E-state index contributed by atoms with van der Waals surface area (Å²) in [5.41, 5.74) is 1.32. The quantitative estimate of drug-likeness (QED) is 0.709. The molecule has 2 nitrogen and oxygen atoms in total. The number of alkyl halides is 1. The minimum Gasteiger partial charge on any atom is -0.489 e. The molecule has 2 aliphatic rings. The maximum Gasteiger partial charge on any atom is 0.161 e. The average Bonchev–Trinajstić information content (AvgIpc) is 2.79. The largest absolute Gasteiger partial charge is 0.489 e. The second-order valence-electron chi connectivity index (χ2n) is 6.41. The molecule has 1 saturated carbocycles. The maximum atomic E-state index is 5.90. The summed E-state index contributed by atoms with van der Waals surface area (Å²) in [4.78, 5) is 0.426. The summed E-state index contributed by atoms with van der Waals surface area (Å²) >= 11 is 3.92. The van der Waals surface area contributed by atoms with Gasteiger partial charge in [0.2, 0.25) is 0 Å². The van der Waals surface area contributed by atoms with Gasteiger partial charge in [-0.1, -0.05) is 48.7 Å². The molecule has 0 radical (unpaired) electrons. The van der Waals surface area contributed by atoms with Gasteiger partial charge in [-0.05, 0) is 36.0 Å². The summed E-state index contributed by atoms with van der Waals surface area (Å²) in [5.74, 6) is 3.77. The van der Waals surface area contributed by atoms with Gasteiger partial charge in [0.25, 0.3) is 0 Å². The van der Waals surface area contributed by atoms with Crippen molar-refractivity contribution in [2.75, 3.05) is 13.2 Å². The molecule has 4 atom stereocenters. The first-order valence-corrected chi connectivity index (χ1v) is 8.60. The van der Waals surface area contributed by atoms with Crippen LogP contribution in [0.25, 0.3) is 0 Å². The third kappa shape index (κ3) is 2.83. The lowest BCUT2D eigenvalue weighted by Crippen LogP contribution is -2.12. The van der Waals surface area contributed by atoms with Gasteiger partial charge in [0.1, 0.15) is 0 Å². The summed E-state index contributed by atoms with van der Waals surface area (Å²) in [6.07, 6.45) is 4.04. The van der Waals surface area contributed by atoms with Crippen molar-refractivity contribution in [3.05, 3.63) is 23.8 Å². The summed E-state index contributed by atoms with van der Waals surface area (Å²) in [7, 11) is 0. The molecule has 0 amide bonds. The molecule has 1 aromatic carbocycles. The Morgan fingerprint density at radius 3 is 2.55 bits per heavy atom. The van der Waals surface area contributed by atoms with Crippen molar-refractivity contribution in [1.82, 2.24) is 0 Å². The zero-order valence-corrected chi connectivity index (χ0v) is 13.9. The highest BCUT2D eigenvalue weighted by Gasteiger charge is 2.31. The predicted molar refractivity (Wildman–Crippen MR) is 84.8 cm³/mol. The standard InChI is InChI=1S/C17H23BrO2/c1-11-9-19-15-7-6-13(8-16(15)20-10-11)17(18)14-5-3-4-12(14)2/h6-8,11-12,14,17H,3-5,9-10H2,1-2H3. The van der Waals surface area contributed by atoms with Gasteiger partial charge in [-0.3, -0.25) is 0 Å². The Morgan fingerprint density at radius 1 is 1.10 bits per heavy atom. The molecule has 0 spiro atoms. The van der Waals surface area contributed by atoms with Gasteiger partial charge < -0.3 is 9.47 Å². The van der Waals surface area contributed by atoms with Crippen LogP contribution in [-0.4, -0.2) is 13.2 Å². The van der Waals surface area contributed by atoms with Crippen molar-refractivity contribution in [2.24, 2.45) is 17.8 Å².